The van der Waals surface area contributed by atoms with Gasteiger partial charge in [0, 0.05) is 25.7 Å². The second-order valence-electron chi connectivity index (χ2n) is 6.83. The van der Waals surface area contributed by atoms with Gasteiger partial charge in [-0.3, -0.25) is 4.90 Å². The number of rotatable bonds is 5. The Morgan fingerprint density at radius 2 is 2.11 bits per heavy atom. The van der Waals surface area contributed by atoms with Gasteiger partial charge in [0.25, 0.3) is 0 Å². The molecule has 2 fully saturated rings. The van der Waals surface area contributed by atoms with Gasteiger partial charge >= 0.3 is 0 Å². The fourth-order valence-corrected chi connectivity index (χ4v) is 4.07. The van der Waals surface area contributed by atoms with Crippen LogP contribution < -0.4 is 5.32 Å². The third-order valence-corrected chi connectivity index (χ3v) is 5.15. The minimum absolute atomic E-state index is 0.561. The summed E-state index contributed by atoms with van der Waals surface area (Å²) in [6, 6.07) is 0.766. The minimum atomic E-state index is 0.561. The molecule has 2 aliphatic heterocycles. The Kier molecular flexibility index (Phi) is 5.67. The lowest BCUT2D eigenvalue weighted by Crippen LogP contribution is -2.46. The molecule has 2 atom stereocenters. The first-order valence-corrected chi connectivity index (χ1v) is 8.32. The van der Waals surface area contributed by atoms with Crippen LogP contribution >= 0.6 is 0 Å². The summed E-state index contributed by atoms with van der Waals surface area (Å²) < 4.78 is 0. The highest BCUT2D eigenvalue weighted by Crippen LogP contribution is 2.33. The first kappa shape index (κ1) is 15.3. The second-order valence-corrected chi connectivity index (χ2v) is 6.83. The van der Waals surface area contributed by atoms with Gasteiger partial charge in [-0.25, -0.2) is 0 Å². The van der Waals surface area contributed by atoms with Gasteiger partial charge in [-0.15, -0.1) is 0 Å². The monoisotopic (exact) mass is 267 g/mol. The van der Waals surface area contributed by atoms with Gasteiger partial charge in [-0.1, -0.05) is 20.3 Å². The number of hydrogen-bond acceptors (Lipinski definition) is 3. The first-order chi connectivity index (χ1) is 9.19. The van der Waals surface area contributed by atoms with Gasteiger partial charge in [0.1, 0.15) is 0 Å². The van der Waals surface area contributed by atoms with Crippen LogP contribution in [0.5, 0.6) is 0 Å². The van der Waals surface area contributed by atoms with Gasteiger partial charge in [0.2, 0.25) is 0 Å². The lowest BCUT2D eigenvalue weighted by atomic mass is 9.81. The molecule has 3 nitrogen and oxygen atoms in total. The van der Waals surface area contributed by atoms with E-state index in [1.807, 2.05) is 0 Å². The molecular weight excluding hydrogens is 234 g/mol. The Morgan fingerprint density at radius 1 is 1.26 bits per heavy atom. The zero-order chi connectivity index (χ0) is 13.7. The predicted octanol–water partition coefficient (Wildman–Crippen LogP) is 2.18. The van der Waals surface area contributed by atoms with Crippen molar-refractivity contribution in [2.45, 2.75) is 52.0 Å². The first-order valence-electron chi connectivity index (χ1n) is 8.32. The summed E-state index contributed by atoms with van der Waals surface area (Å²) in [5.74, 6) is 0. The van der Waals surface area contributed by atoms with Crippen LogP contribution in [-0.2, 0) is 0 Å². The molecule has 1 N–H and O–H groups in total. The van der Waals surface area contributed by atoms with Crippen LogP contribution in [-0.4, -0.2) is 62.2 Å². The quantitative estimate of drug-likeness (QED) is 0.824. The van der Waals surface area contributed by atoms with Crippen LogP contribution in [0.3, 0.4) is 0 Å². The van der Waals surface area contributed by atoms with Crippen LogP contribution in [0.25, 0.3) is 0 Å². The van der Waals surface area contributed by atoms with E-state index in [9.17, 15) is 0 Å². The molecule has 0 aromatic heterocycles. The van der Waals surface area contributed by atoms with Gasteiger partial charge in [-0.2, -0.15) is 0 Å². The van der Waals surface area contributed by atoms with Crippen LogP contribution in [0.15, 0.2) is 0 Å². The van der Waals surface area contributed by atoms with E-state index in [2.05, 4.69) is 36.0 Å². The van der Waals surface area contributed by atoms with Crippen molar-refractivity contribution in [3.8, 4) is 0 Å². The molecule has 0 radical (unpaired) electrons. The van der Waals surface area contributed by atoms with Crippen molar-refractivity contribution in [1.29, 1.82) is 0 Å². The average molecular weight is 267 g/mol. The van der Waals surface area contributed by atoms with E-state index < -0.39 is 0 Å². The third-order valence-electron chi connectivity index (χ3n) is 5.15. The van der Waals surface area contributed by atoms with Gasteiger partial charge in [0.15, 0.2) is 0 Å². The second kappa shape index (κ2) is 7.05. The van der Waals surface area contributed by atoms with Crippen LogP contribution in [0.4, 0.5) is 0 Å². The smallest absolute Gasteiger partial charge is 0.0220 e. The van der Waals surface area contributed by atoms with Crippen molar-refractivity contribution in [2.75, 3.05) is 46.3 Å². The summed E-state index contributed by atoms with van der Waals surface area (Å²) in [6.45, 7) is 12.3. The van der Waals surface area contributed by atoms with Crippen molar-refractivity contribution in [3.63, 3.8) is 0 Å². The summed E-state index contributed by atoms with van der Waals surface area (Å²) in [4.78, 5) is 5.33. The highest BCUT2D eigenvalue weighted by molar-refractivity contribution is 4.92. The Labute approximate surface area is 119 Å². The number of nitrogens with one attached hydrogen (secondary N) is 1. The van der Waals surface area contributed by atoms with Crippen molar-refractivity contribution < 1.29 is 0 Å². The zero-order valence-corrected chi connectivity index (χ0v) is 13.2. The topological polar surface area (TPSA) is 18.5 Å². The van der Waals surface area contributed by atoms with Crippen LogP contribution in [0, 0.1) is 5.41 Å². The van der Waals surface area contributed by atoms with E-state index in [-0.39, 0.29) is 0 Å². The van der Waals surface area contributed by atoms with Crippen molar-refractivity contribution >= 4 is 0 Å². The van der Waals surface area contributed by atoms with Gasteiger partial charge in [0.05, 0.1) is 0 Å². The normalized spacial score (nSPS) is 34.6. The molecule has 2 heterocycles. The Balaban J connectivity index is 2.01. The lowest BCUT2D eigenvalue weighted by molar-refractivity contribution is 0.108. The van der Waals surface area contributed by atoms with E-state index in [1.54, 1.807) is 0 Å². The molecule has 0 amide bonds. The van der Waals surface area contributed by atoms with Crippen molar-refractivity contribution in [2.24, 2.45) is 5.41 Å². The van der Waals surface area contributed by atoms with Gasteiger partial charge in [-0.05, 0) is 57.8 Å². The van der Waals surface area contributed by atoms with E-state index in [0.29, 0.717) is 5.41 Å². The Bertz CT molecular complexity index is 261. The molecule has 0 aliphatic carbocycles. The summed E-state index contributed by atoms with van der Waals surface area (Å²) in [5.41, 5.74) is 0.561. The maximum absolute atomic E-state index is 3.61. The fraction of sp³-hybridized carbons (Fsp3) is 1.00. The van der Waals surface area contributed by atoms with E-state index in [0.717, 1.165) is 6.04 Å². The standard InChI is InChI=1S/C16H33N3/c1-4-7-16(8-9-17-13-16)14-19-11-6-10-18(3)12-15(19)5-2/h15,17H,4-14H2,1-3H3. The molecule has 0 saturated carbocycles. The summed E-state index contributed by atoms with van der Waals surface area (Å²) >= 11 is 0. The number of nitrogens with zero attached hydrogens (tertiary/aromatic N) is 2. The molecule has 19 heavy (non-hydrogen) atoms. The molecule has 0 spiro atoms. The number of hydrogen-bond donors (Lipinski definition) is 1. The maximum Gasteiger partial charge on any atom is 0.0220 e. The van der Waals surface area contributed by atoms with Crippen molar-refractivity contribution in [1.82, 2.24) is 15.1 Å². The van der Waals surface area contributed by atoms with E-state index in [4.69, 9.17) is 0 Å². The highest BCUT2D eigenvalue weighted by Gasteiger charge is 2.36. The molecule has 2 unspecified atom stereocenters. The third kappa shape index (κ3) is 3.93. The minimum Gasteiger partial charge on any atom is -0.316 e. The molecule has 112 valence electrons. The lowest BCUT2D eigenvalue weighted by Gasteiger charge is -2.38. The molecule has 0 aromatic rings. The van der Waals surface area contributed by atoms with Gasteiger partial charge < -0.3 is 10.2 Å². The molecule has 2 aliphatic rings. The summed E-state index contributed by atoms with van der Waals surface area (Å²) in [6.07, 6.45) is 6.72. The van der Waals surface area contributed by atoms with E-state index >= 15 is 0 Å². The molecular formula is C16H33N3. The van der Waals surface area contributed by atoms with Crippen LogP contribution in [0.2, 0.25) is 0 Å². The fourth-order valence-electron chi connectivity index (χ4n) is 4.07. The average Bonchev–Trinajstić information content (AvgIpc) is 2.76. The highest BCUT2D eigenvalue weighted by atomic mass is 15.2. The predicted molar refractivity (Wildman–Crippen MR) is 82.6 cm³/mol. The SMILES string of the molecule is CCCC1(CN2CCCN(C)CC2CC)CCNC1. The molecule has 2 rings (SSSR count). The Morgan fingerprint density at radius 3 is 2.74 bits per heavy atom. The zero-order valence-electron chi connectivity index (χ0n) is 13.2. The largest absolute Gasteiger partial charge is 0.316 e. The van der Waals surface area contributed by atoms with Crippen LogP contribution in [0.1, 0.15) is 46.0 Å². The van der Waals surface area contributed by atoms with E-state index in [1.165, 1.54) is 71.4 Å². The molecule has 2 saturated heterocycles. The Hall–Kier alpha value is -0.120. The summed E-state index contributed by atoms with van der Waals surface area (Å²) in [5, 5.41) is 3.61. The number of likely N-dealkylation sites (N-methyl/N-ethyl adjacent to an activating group) is 1. The molecule has 0 aromatic carbocycles. The molecule has 3 heteroatoms. The molecule has 0 bridgehead atoms. The van der Waals surface area contributed by atoms with Crippen molar-refractivity contribution in [3.05, 3.63) is 0 Å². The summed E-state index contributed by atoms with van der Waals surface area (Å²) in [7, 11) is 2.28. The maximum atomic E-state index is 3.61.